The lowest BCUT2D eigenvalue weighted by atomic mass is 10.3. The van der Waals surface area contributed by atoms with Crippen molar-refractivity contribution in [2.24, 2.45) is 0 Å². The minimum Gasteiger partial charge on any atom is -0.391 e. The van der Waals surface area contributed by atoms with Crippen molar-refractivity contribution in [3.8, 4) is 11.5 Å². The van der Waals surface area contributed by atoms with Gasteiger partial charge in [-0.1, -0.05) is 0 Å². The zero-order chi connectivity index (χ0) is 9.97. The average Bonchev–Trinajstić information content (AvgIpc) is 2.70. The number of hydrogen-bond acceptors (Lipinski definition) is 5. The van der Waals surface area contributed by atoms with Crippen LogP contribution in [0.3, 0.4) is 0 Å². The van der Waals surface area contributed by atoms with Crippen LogP contribution >= 0.6 is 0 Å². The van der Waals surface area contributed by atoms with Crippen LogP contribution in [-0.2, 0) is 6.61 Å². The highest BCUT2D eigenvalue weighted by Gasteiger charge is 2.05. The van der Waals surface area contributed by atoms with E-state index in [2.05, 4.69) is 25.4 Å². The fraction of sp³-hybridized carbons (Fsp3) is 0.143. The van der Waals surface area contributed by atoms with Gasteiger partial charge in [-0.15, -0.1) is 0 Å². The quantitative estimate of drug-likeness (QED) is 0.569. The molecule has 0 aliphatic carbocycles. The molecule has 0 aliphatic heterocycles. The fourth-order valence-corrected chi connectivity index (χ4v) is 0.980. The predicted molar refractivity (Wildman–Crippen MR) is 46.2 cm³/mol. The van der Waals surface area contributed by atoms with E-state index < -0.39 is 0 Å². The van der Waals surface area contributed by atoms with Crippen LogP contribution in [0.5, 0.6) is 0 Å². The third-order valence-electron chi connectivity index (χ3n) is 1.70. The normalized spacial score (nSPS) is 10.4. The van der Waals surface area contributed by atoms with Crippen LogP contribution in [0.25, 0.3) is 11.5 Å². The van der Waals surface area contributed by atoms with Crippen molar-refractivity contribution in [3.05, 3.63) is 28.3 Å². The first-order chi connectivity index (χ1) is 6.81. The van der Waals surface area contributed by atoms with E-state index in [1.165, 1.54) is 12.4 Å². The minimum absolute atomic E-state index is 0.220. The van der Waals surface area contributed by atoms with E-state index in [1.54, 1.807) is 0 Å². The van der Waals surface area contributed by atoms with Gasteiger partial charge >= 0.3 is 0 Å². The molecule has 2 heterocycles. The highest BCUT2D eigenvalue weighted by Crippen LogP contribution is 2.05. The Morgan fingerprint density at radius 1 is 1.43 bits per heavy atom. The lowest BCUT2D eigenvalue weighted by Gasteiger charge is -1.96. The summed E-state index contributed by atoms with van der Waals surface area (Å²) in [4.78, 5) is 17.6. The number of aromatic amines is 2. The maximum absolute atomic E-state index is 11.3. The summed E-state index contributed by atoms with van der Waals surface area (Å²) < 4.78 is 0. The summed E-state index contributed by atoms with van der Waals surface area (Å²) in [6.07, 6.45) is 2.75. The number of H-pyrrole nitrogens is 2. The third-order valence-corrected chi connectivity index (χ3v) is 1.70. The van der Waals surface area contributed by atoms with Gasteiger partial charge in [0.05, 0.1) is 18.4 Å². The van der Waals surface area contributed by atoms with Gasteiger partial charge in [-0.25, -0.2) is 4.98 Å². The topological polar surface area (TPSA) is 108 Å². The zero-order valence-electron chi connectivity index (χ0n) is 7.06. The number of rotatable bonds is 2. The Kier molecular flexibility index (Phi) is 2.07. The molecule has 0 spiro atoms. The van der Waals surface area contributed by atoms with Crippen molar-refractivity contribution in [2.75, 3.05) is 0 Å². The molecule has 0 radical (unpaired) electrons. The molecule has 2 rings (SSSR count). The lowest BCUT2D eigenvalue weighted by molar-refractivity contribution is 0.279. The average molecular weight is 193 g/mol. The second-order valence-electron chi connectivity index (χ2n) is 2.60. The summed E-state index contributed by atoms with van der Waals surface area (Å²) in [5.41, 5.74) is 0.296. The predicted octanol–water partition coefficient (Wildman–Crippen LogP) is -0.953. The number of hydrogen-bond donors (Lipinski definition) is 3. The molecular weight excluding hydrogens is 186 g/mol. The van der Waals surface area contributed by atoms with Crippen LogP contribution in [-0.4, -0.2) is 30.5 Å². The Morgan fingerprint density at radius 3 is 2.86 bits per heavy atom. The van der Waals surface area contributed by atoms with Crippen molar-refractivity contribution >= 4 is 0 Å². The van der Waals surface area contributed by atoms with E-state index in [4.69, 9.17) is 5.11 Å². The number of aliphatic hydroxyl groups excluding tert-OH is 1. The van der Waals surface area contributed by atoms with Gasteiger partial charge in [-0.3, -0.25) is 4.79 Å². The molecule has 0 amide bonds. The van der Waals surface area contributed by atoms with Gasteiger partial charge in [0.25, 0.3) is 5.56 Å². The Morgan fingerprint density at radius 2 is 2.29 bits per heavy atom. The van der Waals surface area contributed by atoms with Gasteiger partial charge in [0.2, 0.25) is 0 Å². The van der Waals surface area contributed by atoms with Gasteiger partial charge in [0.15, 0.2) is 5.82 Å². The molecule has 0 atom stereocenters. The van der Waals surface area contributed by atoms with Gasteiger partial charge < -0.3 is 10.1 Å². The molecule has 72 valence electrons. The monoisotopic (exact) mass is 193 g/mol. The Balaban J connectivity index is 2.48. The molecule has 0 saturated heterocycles. The number of aromatic nitrogens is 5. The third kappa shape index (κ3) is 1.40. The van der Waals surface area contributed by atoms with Crippen molar-refractivity contribution < 1.29 is 5.11 Å². The molecule has 2 aromatic heterocycles. The van der Waals surface area contributed by atoms with Crippen LogP contribution in [0.15, 0.2) is 17.2 Å². The summed E-state index contributed by atoms with van der Waals surface area (Å²) >= 11 is 0. The maximum atomic E-state index is 11.3. The Labute approximate surface area is 77.8 Å². The fourth-order valence-electron chi connectivity index (χ4n) is 0.980. The first-order valence-corrected chi connectivity index (χ1v) is 3.86. The molecule has 14 heavy (non-hydrogen) atoms. The number of nitrogens with zero attached hydrogens (tertiary/aromatic N) is 3. The van der Waals surface area contributed by atoms with Gasteiger partial charge in [0, 0.05) is 6.20 Å². The molecule has 0 aliphatic rings. The van der Waals surface area contributed by atoms with Gasteiger partial charge in [-0.05, 0) is 0 Å². The molecule has 3 N–H and O–H groups in total. The van der Waals surface area contributed by atoms with Crippen molar-refractivity contribution in [1.82, 2.24) is 25.4 Å². The Hall–Kier alpha value is -2.02. The second kappa shape index (κ2) is 3.38. The van der Waals surface area contributed by atoms with Crippen LogP contribution in [0, 0.1) is 0 Å². The Bertz CT molecular complexity index is 475. The molecule has 2 aromatic rings. The highest BCUT2D eigenvalue weighted by molar-refractivity contribution is 5.45. The molecular formula is C7H7N5O2. The van der Waals surface area contributed by atoms with E-state index in [9.17, 15) is 4.79 Å². The van der Waals surface area contributed by atoms with E-state index >= 15 is 0 Å². The van der Waals surface area contributed by atoms with Gasteiger partial charge in [-0.2, -0.15) is 15.4 Å². The van der Waals surface area contributed by atoms with E-state index in [-0.39, 0.29) is 17.7 Å². The SMILES string of the molecule is O=c1[nH]c(-c2cn[nH]n2)ncc1CO. The summed E-state index contributed by atoms with van der Waals surface area (Å²) in [6, 6.07) is 0. The van der Waals surface area contributed by atoms with E-state index in [1.807, 2.05) is 0 Å². The zero-order valence-corrected chi connectivity index (χ0v) is 7.06. The molecule has 0 unspecified atom stereocenters. The summed E-state index contributed by atoms with van der Waals surface area (Å²) in [7, 11) is 0. The van der Waals surface area contributed by atoms with Crippen LogP contribution in [0.1, 0.15) is 5.56 Å². The first-order valence-electron chi connectivity index (χ1n) is 3.86. The van der Waals surface area contributed by atoms with Crippen LogP contribution in [0.2, 0.25) is 0 Å². The molecule has 0 bridgehead atoms. The maximum Gasteiger partial charge on any atom is 0.256 e. The van der Waals surface area contributed by atoms with Crippen molar-refractivity contribution in [3.63, 3.8) is 0 Å². The molecule has 7 nitrogen and oxygen atoms in total. The summed E-state index contributed by atoms with van der Waals surface area (Å²) in [6.45, 7) is -0.332. The molecule has 7 heteroatoms. The minimum atomic E-state index is -0.375. The number of nitrogens with one attached hydrogen (secondary N) is 2. The van der Waals surface area contributed by atoms with E-state index in [0.717, 1.165) is 0 Å². The summed E-state index contributed by atoms with van der Waals surface area (Å²) in [5, 5.41) is 18.5. The lowest BCUT2D eigenvalue weighted by Crippen LogP contribution is -2.14. The van der Waals surface area contributed by atoms with Gasteiger partial charge in [0.1, 0.15) is 5.69 Å². The smallest absolute Gasteiger partial charge is 0.256 e. The van der Waals surface area contributed by atoms with Crippen molar-refractivity contribution in [2.45, 2.75) is 6.61 Å². The molecule has 0 saturated carbocycles. The molecule has 0 fully saturated rings. The van der Waals surface area contributed by atoms with Crippen molar-refractivity contribution in [1.29, 1.82) is 0 Å². The standard InChI is InChI=1S/C7H7N5O2/c13-3-4-1-8-6(10-7(4)14)5-2-9-12-11-5/h1-2,13H,3H2,(H,8,10,14)(H,9,11,12). The summed E-state index contributed by atoms with van der Waals surface area (Å²) in [5.74, 6) is 0.320. The number of aliphatic hydroxyl groups is 1. The highest BCUT2D eigenvalue weighted by atomic mass is 16.3. The van der Waals surface area contributed by atoms with E-state index in [0.29, 0.717) is 11.5 Å². The molecule has 0 aromatic carbocycles. The van der Waals surface area contributed by atoms with Crippen LogP contribution in [0.4, 0.5) is 0 Å². The first kappa shape index (κ1) is 8.57. The largest absolute Gasteiger partial charge is 0.391 e. The van der Waals surface area contributed by atoms with Crippen LogP contribution < -0.4 is 5.56 Å². The second-order valence-corrected chi connectivity index (χ2v) is 2.60.